The quantitative estimate of drug-likeness (QED) is 0.819. The summed E-state index contributed by atoms with van der Waals surface area (Å²) in [6.45, 7) is 6.56. The number of carbonyl (C=O) groups is 1. The summed E-state index contributed by atoms with van der Waals surface area (Å²) in [7, 11) is 0. The molecular weight excluding hydrogens is 327 g/mol. The van der Waals surface area contributed by atoms with Crippen molar-refractivity contribution in [1.29, 1.82) is 0 Å². The van der Waals surface area contributed by atoms with E-state index in [-0.39, 0.29) is 29.6 Å². The van der Waals surface area contributed by atoms with Gasteiger partial charge in [-0.3, -0.25) is 4.79 Å². The van der Waals surface area contributed by atoms with E-state index in [0.29, 0.717) is 5.13 Å². The molecule has 2 rings (SSSR count). The molecule has 0 atom stereocenters. The largest absolute Gasteiger partial charge is 0.301 e. The lowest BCUT2D eigenvalue weighted by Crippen LogP contribution is -2.12. The van der Waals surface area contributed by atoms with Crippen LogP contribution in [0.4, 0.5) is 5.13 Å². The molecule has 0 bridgehead atoms. The lowest BCUT2D eigenvalue weighted by molar-refractivity contribution is -0.113. The van der Waals surface area contributed by atoms with Gasteiger partial charge in [-0.15, -0.1) is 35.3 Å². The number of hydrogen-bond acceptors (Lipinski definition) is 3. The van der Waals surface area contributed by atoms with E-state index in [4.69, 9.17) is 11.6 Å². The molecule has 1 heterocycles. The third kappa shape index (κ3) is 4.70. The first-order valence-corrected chi connectivity index (χ1v) is 7.74. The Morgan fingerprint density at radius 2 is 1.90 bits per heavy atom. The van der Waals surface area contributed by atoms with Crippen LogP contribution in [0.25, 0.3) is 11.3 Å². The van der Waals surface area contributed by atoms with E-state index in [0.717, 1.165) is 11.3 Å². The number of alkyl halides is 1. The van der Waals surface area contributed by atoms with E-state index in [2.05, 4.69) is 55.3 Å². The number of aromatic nitrogens is 1. The zero-order valence-corrected chi connectivity index (χ0v) is 14.5. The highest BCUT2D eigenvalue weighted by Crippen LogP contribution is 2.28. The number of thiazole rings is 1. The van der Waals surface area contributed by atoms with Crippen LogP contribution < -0.4 is 5.32 Å². The van der Waals surface area contributed by atoms with Crippen molar-refractivity contribution in [3.63, 3.8) is 0 Å². The van der Waals surface area contributed by atoms with Crippen LogP contribution in [0.1, 0.15) is 26.3 Å². The van der Waals surface area contributed by atoms with Gasteiger partial charge in [-0.25, -0.2) is 4.98 Å². The topological polar surface area (TPSA) is 42.0 Å². The summed E-state index contributed by atoms with van der Waals surface area (Å²) >= 11 is 6.85. The first-order valence-electron chi connectivity index (χ1n) is 6.32. The standard InChI is InChI=1S/C15H17ClN2OS.ClH/c1-15(2,3)11-6-4-10(5-7-11)12-9-20-14(17-12)18-13(19)8-16;/h4-7,9H,8H2,1-3H3,(H,17,18,19);1H. The second-order valence-electron chi connectivity index (χ2n) is 5.55. The summed E-state index contributed by atoms with van der Waals surface area (Å²) in [5.74, 6) is -0.300. The highest BCUT2D eigenvalue weighted by molar-refractivity contribution is 7.14. The van der Waals surface area contributed by atoms with Gasteiger partial charge < -0.3 is 5.32 Å². The minimum absolute atomic E-state index is 0. The fourth-order valence-electron chi connectivity index (χ4n) is 1.76. The number of carbonyl (C=O) groups excluding carboxylic acids is 1. The normalized spacial score (nSPS) is 10.9. The fourth-order valence-corrected chi connectivity index (χ4v) is 2.56. The first-order chi connectivity index (χ1) is 9.40. The van der Waals surface area contributed by atoms with Crippen molar-refractivity contribution in [1.82, 2.24) is 4.98 Å². The predicted molar refractivity (Wildman–Crippen MR) is 92.8 cm³/mol. The fraction of sp³-hybridized carbons (Fsp3) is 0.333. The molecule has 0 spiro atoms. The van der Waals surface area contributed by atoms with Crippen molar-refractivity contribution >= 4 is 46.4 Å². The molecule has 1 aromatic carbocycles. The van der Waals surface area contributed by atoms with Crippen LogP contribution in [-0.2, 0) is 10.2 Å². The SMILES string of the molecule is CC(C)(C)c1ccc(-c2csc(NC(=O)CCl)n2)cc1.Cl. The number of amides is 1. The second-order valence-corrected chi connectivity index (χ2v) is 6.67. The van der Waals surface area contributed by atoms with Crippen molar-refractivity contribution in [2.75, 3.05) is 11.2 Å². The van der Waals surface area contributed by atoms with Crippen molar-refractivity contribution in [3.05, 3.63) is 35.2 Å². The van der Waals surface area contributed by atoms with Gasteiger partial charge in [0.25, 0.3) is 0 Å². The number of nitrogens with zero attached hydrogens (tertiary/aromatic N) is 1. The van der Waals surface area contributed by atoms with E-state index in [1.807, 2.05) is 5.38 Å². The Morgan fingerprint density at radius 3 is 2.43 bits per heavy atom. The average Bonchev–Trinajstić information content (AvgIpc) is 2.86. The van der Waals surface area contributed by atoms with Crippen molar-refractivity contribution in [3.8, 4) is 11.3 Å². The molecule has 0 unspecified atom stereocenters. The van der Waals surface area contributed by atoms with Crippen LogP contribution in [0.15, 0.2) is 29.6 Å². The van der Waals surface area contributed by atoms with Crippen LogP contribution >= 0.6 is 35.3 Å². The number of halogens is 2. The maximum absolute atomic E-state index is 11.2. The molecule has 1 N–H and O–H groups in total. The molecule has 21 heavy (non-hydrogen) atoms. The minimum Gasteiger partial charge on any atom is -0.301 e. The monoisotopic (exact) mass is 344 g/mol. The van der Waals surface area contributed by atoms with Gasteiger partial charge in [-0.1, -0.05) is 45.0 Å². The molecule has 1 amide bonds. The summed E-state index contributed by atoms with van der Waals surface area (Å²) in [4.78, 5) is 15.6. The molecule has 114 valence electrons. The molecule has 0 saturated heterocycles. The highest BCUT2D eigenvalue weighted by Gasteiger charge is 2.13. The van der Waals surface area contributed by atoms with Gasteiger partial charge in [-0.2, -0.15) is 0 Å². The zero-order valence-electron chi connectivity index (χ0n) is 12.1. The highest BCUT2D eigenvalue weighted by atomic mass is 35.5. The predicted octanol–water partition coefficient (Wildman–Crippen LogP) is 4.71. The van der Waals surface area contributed by atoms with E-state index < -0.39 is 0 Å². The number of nitrogens with one attached hydrogen (secondary N) is 1. The van der Waals surface area contributed by atoms with E-state index in [1.54, 1.807) is 0 Å². The Balaban J connectivity index is 0.00000220. The van der Waals surface area contributed by atoms with Crippen LogP contribution in [0.3, 0.4) is 0 Å². The smallest absolute Gasteiger partial charge is 0.241 e. The Bertz CT molecular complexity index is 603. The summed E-state index contributed by atoms with van der Waals surface area (Å²) < 4.78 is 0. The first kappa shape index (κ1) is 18.0. The van der Waals surface area contributed by atoms with Gasteiger partial charge in [0.05, 0.1) is 5.69 Å². The lowest BCUT2D eigenvalue weighted by atomic mass is 9.86. The maximum atomic E-state index is 11.2. The van der Waals surface area contributed by atoms with Gasteiger partial charge in [0.1, 0.15) is 5.88 Å². The molecule has 2 aromatic rings. The molecule has 3 nitrogen and oxygen atoms in total. The molecule has 6 heteroatoms. The van der Waals surface area contributed by atoms with Gasteiger partial charge >= 0.3 is 0 Å². The van der Waals surface area contributed by atoms with Gasteiger partial charge in [0.15, 0.2) is 5.13 Å². The van der Waals surface area contributed by atoms with E-state index in [9.17, 15) is 4.79 Å². The van der Waals surface area contributed by atoms with Crippen LogP contribution in [0.2, 0.25) is 0 Å². The number of anilines is 1. The third-order valence-corrected chi connectivity index (χ3v) is 3.92. The third-order valence-electron chi connectivity index (χ3n) is 2.92. The zero-order chi connectivity index (χ0) is 14.8. The molecule has 0 fully saturated rings. The molecule has 0 saturated carbocycles. The van der Waals surface area contributed by atoms with Crippen LogP contribution in [-0.4, -0.2) is 16.8 Å². The molecule has 0 radical (unpaired) electrons. The summed E-state index contributed by atoms with van der Waals surface area (Å²) in [6.07, 6.45) is 0. The van der Waals surface area contributed by atoms with E-state index in [1.165, 1.54) is 16.9 Å². The van der Waals surface area contributed by atoms with E-state index >= 15 is 0 Å². The van der Waals surface area contributed by atoms with Crippen molar-refractivity contribution in [2.24, 2.45) is 0 Å². The molecule has 0 aliphatic rings. The number of hydrogen-bond donors (Lipinski definition) is 1. The Labute approximate surface area is 140 Å². The summed E-state index contributed by atoms with van der Waals surface area (Å²) in [5, 5.41) is 5.16. The summed E-state index contributed by atoms with van der Waals surface area (Å²) in [5.41, 5.74) is 3.33. The Morgan fingerprint density at radius 1 is 1.29 bits per heavy atom. The molecule has 0 aliphatic heterocycles. The Hall–Kier alpha value is -1.10. The van der Waals surface area contributed by atoms with Crippen LogP contribution in [0.5, 0.6) is 0 Å². The molecule has 0 aliphatic carbocycles. The van der Waals surface area contributed by atoms with Crippen molar-refractivity contribution in [2.45, 2.75) is 26.2 Å². The second kappa shape index (κ2) is 7.25. The number of benzene rings is 1. The summed E-state index contributed by atoms with van der Waals surface area (Å²) in [6, 6.07) is 8.35. The number of rotatable bonds is 3. The average molecular weight is 345 g/mol. The van der Waals surface area contributed by atoms with Gasteiger partial charge in [-0.05, 0) is 11.0 Å². The minimum atomic E-state index is -0.240. The molecule has 1 aromatic heterocycles. The van der Waals surface area contributed by atoms with Crippen LogP contribution in [0, 0.1) is 0 Å². The lowest BCUT2D eigenvalue weighted by Gasteiger charge is -2.18. The van der Waals surface area contributed by atoms with Crippen molar-refractivity contribution < 1.29 is 4.79 Å². The van der Waals surface area contributed by atoms with Gasteiger partial charge in [0.2, 0.25) is 5.91 Å². The molecular formula is C15H18Cl2N2OS. The maximum Gasteiger partial charge on any atom is 0.241 e. The Kier molecular flexibility index (Phi) is 6.20. The van der Waals surface area contributed by atoms with Gasteiger partial charge in [0, 0.05) is 10.9 Å².